The van der Waals surface area contributed by atoms with E-state index in [9.17, 15) is 4.79 Å². The van der Waals surface area contributed by atoms with Crippen molar-refractivity contribution in [1.29, 1.82) is 0 Å². The number of carbonyl (C=O) groups is 1. The monoisotopic (exact) mass is 391 g/mol. The minimum absolute atomic E-state index is 0.221. The maximum absolute atomic E-state index is 12.8. The molecule has 29 heavy (non-hydrogen) atoms. The van der Waals surface area contributed by atoms with Gasteiger partial charge in [-0.1, -0.05) is 35.9 Å². The number of amides is 1. The molecule has 150 valence electrons. The van der Waals surface area contributed by atoms with Crippen LogP contribution in [0.4, 0.5) is 5.69 Å². The number of anilines is 1. The molecule has 0 aromatic heterocycles. The number of nitrogens with one attached hydrogen (secondary N) is 1. The molecule has 0 saturated carbocycles. The molecule has 0 atom stereocenters. The first-order valence-electron chi connectivity index (χ1n) is 9.32. The first-order valence-corrected chi connectivity index (χ1v) is 9.32. The second-order valence-corrected chi connectivity index (χ2v) is 6.78. The molecule has 0 bridgehead atoms. The Kier molecular flexibility index (Phi) is 6.39. The third-order valence-electron chi connectivity index (χ3n) is 4.56. The Morgan fingerprint density at radius 2 is 1.62 bits per heavy atom. The molecule has 0 saturated heterocycles. The minimum Gasteiger partial charge on any atom is -0.493 e. The molecule has 0 aliphatic carbocycles. The van der Waals surface area contributed by atoms with Gasteiger partial charge in [-0.3, -0.25) is 4.79 Å². The maximum atomic E-state index is 12.8. The molecule has 0 heterocycles. The van der Waals surface area contributed by atoms with Crippen molar-refractivity contribution in [3.63, 3.8) is 0 Å². The normalized spacial score (nSPS) is 10.3. The van der Waals surface area contributed by atoms with Gasteiger partial charge in [0.1, 0.15) is 12.4 Å². The topological polar surface area (TPSA) is 56.8 Å². The molecule has 3 aromatic carbocycles. The highest BCUT2D eigenvalue weighted by atomic mass is 16.5. The Labute approximate surface area is 171 Å². The summed E-state index contributed by atoms with van der Waals surface area (Å²) >= 11 is 0. The van der Waals surface area contributed by atoms with E-state index in [1.54, 1.807) is 32.4 Å². The number of benzene rings is 3. The van der Waals surface area contributed by atoms with E-state index >= 15 is 0 Å². The van der Waals surface area contributed by atoms with Gasteiger partial charge in [0.15, 0.2) is 11.5 Å². The summed E-state index contributed by atoms with van der Waals surface area (Å²) in [6.45, 7) is 4.39. The summed E-state index contributed by atoms with van der Waals surface area (Å²) in [6, 6.07) is 18.9. The first-order chi connectivity index (χ1) is 14.0. The van der Waals surface area contributed by atoms with Crippen molar-refractivity contribution in [1.82, 2.24) is 0 Å². The SMILES string of the molecule is COc1cc(C)c(NC(=O)c2cccc(OCc3cccc(C)c3)c2)cc1OC. The number of hydrogen-bond donors (Lipinski definition) is 1. The predicted molar refractivity (Wildman–Crippen MR) is 114 cm³/mol. The quantitative estimate of drug-likeness (QED) is 0.605. The standard InChI is InChI=1S/C24H25NO4/c1-16-7-5-8-18(11-16)15-29-20-10-6-9-19(13-20)24(26)25-21-14-23(28-4)22(27-3)12-17(21)2/h5-14H,15H2,1-4H3,(H,25,26). The molecule has 1 amide bonds. The highest BCUT2D eigenvalue weighted by Crippen LogP contribution is 2.33. The fourth-order valence-corrected chi connectivity index (χ4v) is 3.01. The van der Waals surface area contributed by atoms with E-state index in [0.717, 1.165) is 11.1 Å². The van der Waals surface area contributed by atoms with Crippen molar-refractivity contribution in [3.8, 4) is 17.2 Å². The third-order valence-corrected chi connectivity index (χ3v) is 4.56. The minimum atomic E-state index is -0.221. The molecule has 3 rings (SSSR count). The van der Waals surface area contributed by atoms with Gasteiger partial charge in [-0.25, -0.2) is 0 Å². The number of ether oxygens (including phenoxy) is 3. The van der Waals surface area contributed by atoms with Gasteiger partial charge in [0.25, 0.3) is 5.91 Å². The van der Waals surface area contributed by atoms with Crippen LogP contribution >= 0.6 is 0 Å². The Balaban J connectivity index is 1.72. The number of methoxy groups -OCH3 is 2. The zero-order valence-corrected chi connectivity index (χ0v) is 17.1. The second-order valence-electron chi connectivity index (χ2n) is 6.78. The van der Waals surface area contributed by atoms with E-state index in [1.807, 2.05) is 50.2 Å². The number of rotatable bonds is 7. The van der Waals surface area contributed by atoms with Crippen LogP contribution in [0.1, 0.15) is 27.0 Å². The van der Waals surface area contributed by atoms with E-state index in [4.69, 9.17) is 14.2 Å². The van der Waals surface area contributed by atoms with Gasteiger partial charge >= 0.3 is 0 Å². The van der Waals surface area contributed by atoms with E-state index in [0.29, 0.717) is 35.1 Å². The third kappa shape index (κ3) is 5.08. The van der Waals surface area contributed by atoms with Crippen LogP contribution < -0.4 is 19.5 Å². The van der Waals surface area contributed by atoms with Crippen molar-refractivity contribution in [3.05, 3.63) is 82.9 Å². The van der Waals surface area contributed by atoms with Gasteiger partial charge in [0.2, 0.25) is 0 Å². The Hall–Kier alpha value is -3.47. The number of carbonyl (C=O) groups excluding carboxylic acids is 1. The predicted octanol–water partition coefficient (Wildman–Crippen LogP) is 5.15. The summed E-state index contributed by atoms with van der Waals surface area (Å²) in [7, 11) is 3.14. The van der Waals surface area contributed by atoms with Gasteiger partial charge in [-0.15, -0.1) is 0 Å². The van der Waals surface area contributed by atoms with Gasteiger partial charge < -0.3 is 19.5 Å². The van der Waals surface area contributed by atoms with Gasteiger partial charge in [0.05, 0.1) is 14.2 Å². The molecular weight excluding hydrogens is 366 g/mol. The fraction of sp³-hybridized carbons (Fsp3) is 0.208. The lowest BCUT2D eigenvalue weighted by molar-refractivity contribution is 0.102. The first kappa shape index (κ1) is 20.3. The van der Waals surface area contributed by atoms with Crippen LogP contribution in [0.25, 0.3) is 0 Å². The molecule has 0 radical (unpaired) electrons. The van der Waals surface area contributed by atoms with Crippen molar-refractivity contribution < 1.29 is 19.0 Å². The zero-order valence-electron chi connectivity index (χ0n) is 17.1. The van der Waals surface area contributed by atoms with Crippen LogP contribution in [-0.2, 0) is 6.61 Å². The lowest BCUT2D eigenvalue weighted by Gasteiger charge is -2.14. The number of hydrogen-bond acceptors (Lipinski definition) is 4. The maximum Gasteiger partial charge on any atom is 0.255 e. The molecule has 0 spiro atoms. The van der Waals surface area contributed by atoms with Crippen LogP contribution in [-0.4, -0.2) is 20.1 Å². The lowest BCUT2D eigenvalue weighted by Crippen LogP contribution is -2.13. The Morgan fingerprint density at radius 1 is 0.897 bits per heavy atom. The van der Waals surface area contributed by atoms with Crippen LogP contribution in [0.2, 0.25) is 0 Å². The Bertz CT molecular complexity index is 1010. The molecule has 0 fully saturated rings. The number of aryl methyl sites for hydroxylation is 2. The molecule has 0 aliphatic heterocycles. The van der Waals surface area contributed by atoms with E-state index in [1.165, 1.54) is 5.56 Å². The summed E-state index contributed by atoms with van der Waals surface area (Å²) in [5, 5.41) is 2.93. The van der Waals surface area contributed by atoms with Gasteiger partial charge in [-0.05, 0) is 49.2 Å². The van der Waals surface area contributed by atoms with E-state index in [-0.39, 0.29) is 5.91 Å². The van der Waals surface area contributed by atoms with Crippen LogP contribution in [0.3, 0.4) is 0 Å². The molecule has 5 heteroatoms. The van der Waals surface area contributed by atoms with Gasteiger partial charge in [-0.2, -0.15) is 0 Å². The summed E-state index contributed by atoms with van der Waals surface area (Å²) < 4.78 is 16.5. The summed E-state index contributed by atoms with van der Waals surface area (Å²) in [4.78, 5) is 12.8. The smallest absolute Gasteiger partial charge is 0.255 e. The molecular formula is C24H25NO4. The molecule has 5 nitrogen and oxygen atoms in total. The highest BCUT2D eigenvalue weighted by Gasteiger charge is 2.13. The van der Waals surface area contributed by atoms with E-state index < -0.39 is 0 Å². The lowest BCUT2D eigenvalue weighted by atomic mass is 10.1. The average molecular weight is 391 g/mol. The Morgan fingerprint density at radius 3 is 2.34 bits per heavy atom. The van der Waals surface area contributed by atoms with Crippen LogP contribution in [0.15, 0.2) is 60.7 Å². The molecule has 0 aliphatic rings. The summed E-state index contributed by atoms with van der Waals surface area (Å²) in [5.74, 6) is 1.60. The van der Waals surface area contributed by atoms with Crippen LogP contribution in [0.5, 0.6) is 17.2 Å². The molecule has 3 aromatic rings. The molecule has 0 unspecified atom stereocenters. The zero-order chi connectivity index (χ0) is 20.8. The van der Waals surface area contributed by atoms with Crippen molar-refractivity contribution >= 4 is 11.6 Å². The second kappa shape index (κ2) is 9.15. The fourth-order valence-electron chi connectivity index (χ4n) is 3.01. The molecule has 1 N–H and O–H groups in total. The van der Waals surface area contributed by atoms with Crippen molar-refractivity contribution in [2.75, 3.05) is 19.5 Å². The van der Waals surface area contributed by atoms with E-state index in [2.05, 4.69) is 11.4 Å². The average Bonchev–Trinajstić information content (AvgIpc) is 2.73. The van der Waals surface area contributed by atoms with Crippen molar-refractivity contribution in [2.45, 2.75) is 20.5 Å². The largest absolute Gasteiger partial charge is 0.493 e. The summed E-state index contributed by atoms with van der Waals surface area (Å²) in [5.41, 5.74) is 4.33. The highest BCUT2D eigenvalue weighted by molar-refractivity contribution is 6.05. The summed E-state index contributed by atoms with van der Waals surface area (Å²) in [6.07, 6.45) is 0. The van der Waals surface area contributed by atoms with Gasteiger partial charge in [0, 0.05) is 17.3 Å². The van der Waals surface area contributed by atoms with Crippen LogP contribution in [0, 0.1) is 13.8 Å². The van der Waals surface area contributed by atoms with Crippen molar-refractivity contribution in [2.24, 2.45) is 0 Å².